The molecule has 1 aliphatic rings. The molecule has 9 nitrogen and oxygen atoms in total. The predicted octanol–water partition coefficient (Wildman–Crippen LogP) is 2.68. The van der Waals surface area contributed by atoms with E-state index in [9.17, 15) is 9.59 Å². The second kappa shape index (κ2) is 9.38. The molecular weight excluding hydrogens is 396 g/mol. The maximum atomic E-state index is 13.1. The molecule has 0 aliphatic carbocycles. The summed E-state index contributed by atoms with van der Waals surface area (Å²) in [5.74, 6) is -0.308. The molecule has 0 bridgehead atoms. The molecule has 1 aliphatic heterocycles. The third-order valence-corrected chi connectivity index (χ3v) is 5.15. The number of benzene rings is 1. The molecule has 160 valence electrons. The highest BCUT2D eigenvalue weighted by Crippen LogP contribution is 2.24. The van der Waals surface area contributed by atoms with E-state index in [2.05, 4.69) is 20.6 Å². The fourth-order valence-corrected chi connectivity index (χ4v) is 3.59. The quantitative estimate of drug-likeness (QED) is 0.681. The Morgan fingerprint density at radius 2 is 1.84 bits per heavy atom. The Morgan fingerprint density at radius 3 is 2.52 bits per heavy atom. The normalized spacial score (nSPS) is 14.3. The number of hydrogen-bond acceptors (Lipinski definition) is 6. The van der Waals surface area contributed by atoms with Crippen LogP contribution in [0, 0.1) is 0 Å². The minimum atomic E-state index is -0.310. The summed E-state index contributed by atoms with van der Waals surface area (Å²) < 4.78 is 6.67. The number of nitrogens with one attached hydrogen (secondary N) is 1. The van der Waals surface area contributed by atoms with E-state index in [-0.39, 0.29) is 23.7 Å². The number of carbonyl (C=O) groups excluding carboxylic acids is 2. The van der Waals surface area contributed by atoms with Crippen molar-refractivity contribution in [2.75, 3.05) is 19.7 Å². The molecule has 1 N–H and O–H groups in total. The summed E-state index contributed by atoms with van der Waals surface area (Å²) in [6.07, 6.45) is 2.66. The van der Waals surface area contributed by atoms with Crippen LogP contribution in [-0.2, 0) is 4.74 Å². The molecule has 1 saturated heterocycles. The summed E-state index contributed by atoms with van der Waals surface area (Å²) in [5.41, 5.74) is 2.15. The molecule has 0 atom stereocenters. The van der Waals surface area contributed by atoms with Gasteiger partial charge in [0.15, 0.2) is 5.69 Å². The lowest BCUT2D eigenvalue weighted by molar-refractivity contribution is 0.0857. The van der Waals surface area contributed by atoms with Gasteiger partial charge in [0.2, 0.25) is 0 Å². The molecule has 1 fully saturated rings. The van der Waals surface area contributed by atoms with Gasteiger partial charge in [-0.2, -0.15) is 0 Å². The SMILES string of the molecule is CCOC(=O)N1CCC(NC(=O)c2nnn(-c3ccccc3)c2-c2ccccn2)CC1. The molecule has 2 aromatic heterocycles. The first-order chi connectivity index (χ1) is 15.2. The largest absolute Gasteiger partial charge is 0.450 e. The molecule has 0 unspecified atom stereocenters. The summed E-state index contributed by atoms with van der Waals surface area (Å²) in [7, 11) is 0. The number of ether oxygens (including phenoxy) is 1. The van der Waals surface area contributed by atoms with Crippen LogP contribution in [0.2, 0.25) is 0 Å². The summed E-state index contributed by atoms with van der Waals surface area (Å²) in [4.78, 5) is 31.1. The van der Waals surface area contributed by atoms with E-state index < -0.39 is 0 Å². The van der Waals surface area contributed by atoms with E-state index >= 15 is 0 Å². The molecule has 0 spiro atoms. The highest BCUT2D eigenvalue weighted by atomic mass is 16.6. The van der Waals surface area contributed by atoms with Gasteiger partial charge in [0.25, 0.3) is 5.91 Å². The van der Waals surface area contributed by atoms with Crippen molar-refractivity contribution in [3.63, 3.8) is 0 Å². The van der Waals surface area contributed by atoms with Crippen LogP contribution in [0.1, 0.15) is 30.3 Å². The topological polar surface area (TPSA) is 102 Å². The number of rotatable bonds is 5. The van der Waals surface area contributed by atoms with Crippen LogP contribution in [0.15, 0.2) is 54.7 Å². The third-order valence-electron chi connectivity index (χ3n) is 5.15. The Kier molecular flexibility index (Phi) is 6.21. The van der Waals surface area contributed by atoms with E-state index in [0.29, 0.717) is 43.9 Å². The van der Waals surface area contributed by atoms with Crippen molar-refractivity contribution < 1.29 is 14.3 Å². The van der Waals surface area contributed by atoms with E-state index in [1.54, 1.807) is 22.7 Å². The highest BCUT2D eigenvalue weighted by Gasteiger charge is 2.28. The van der Waals surface area contributed by atoms with Crippen molar-refractivity contribution in [3.05, 3.63) is 60.4 Å². The van der Waals surface area contributed by atoms with Gasteiger partial charge in [0.05, 0.1) is 18.0 Å². The van der Waals surface area contributed by atoms with Crippen LogP contribution >= 0.6 is 0 Å². The zero-order valence-corrected chi connectivity index (χ0v) is 17.3. The Hall–Kier alpha value is -3.75. The van der Waals surface area contributed by atoms with E-state index in [0.717, 1.165) is 5.69 Å². The first-order valence-corrected chi connectivity index (χ1v) is 10.3. The number of hydrogen-bond donors (Lipinski definition) is 1. The van der Waals surface area contributed by atoms with Crippen LogP contribution in [-0.4, -0.2) is 62.6 Å². The first-order valence-electron chi connectivity index (χ1n) is 10.3. The van der Waals surface area contributed by atoms with Crippen molar-refractivity contribution in [2.24, 2.45) is 0 Å². The molecule has 4 rings (SSSR count). The predicted molar refractivity (Wildman–Crippen MR) is 114 cm³/mol. The number of nitrogens with zero attached hydrogens (tertiary/aromatic N) is 5. The van der Waals surface area contributed by atoms with Gasteiger partial charge < -0.3 is 15.0 Å². The maximum absolute atomic E-state index is 13.1. The molecule has 0 saturated carbocycles. The Bertz CT molecular complexity index is 1030. The van der Waals surface area contributed by atoms with Gasteiger partial charge in [-0.15, -0.1) is 5.10 Å². The van der Waals surface area contributed by atoms with Crippen molar-refractivity contribution in [3.8, 4) is 17.1 Å². The average Bonchev–Trinajstić information content (AvgIpc) is 3.26. The van der Waals surface area contributed by atoms with Gasteiger partial charge in [-0.05, 0) is 44.0 Å². The lowest BCUT2D eigenvalue weighted by Crippen LogP contribution is -2.46. The summed E-state index contributed by atoms with van der Waals surface area (Å²) in [6.45, 7) is 3.21. The van der Waals surface area contributed by atoms with Crippen LogP contribution in [0.25, 0.3) is 17.1 Å². The van der Waals surface area contributed by atoms with Gasteiger partial charge in [-0.25, -0.2) is 9.48 Å². The standard InChI is InChI=1S/C22H24N6O3/c1-2-31-22(30)27-14-11-16(12-15-27)24-21(29)19-20(18-10-6-7-13-23-18)28(26-25-19)17-8-4-3-5-9-17/h3-10,13,16H,2,11-12,14-15H2,1H3,(H,24,29). The van der Waals surface area contributed by atoms with E-state index in [1.165, 1.54) is 0 Å². The number of pyridine rings is 1. The Labute approximate surface area is 180 Å². The molecule has 3 heterocycles. The summed E-state index contributed by atoms with van der Waals surface area (Å²) in [5, 5.41) is 11.4. The van der Waals surface area contributed by atoms with E-state index in [4.69, 9.17) is 4.74 Å². The minimum absolute atomic E-state index is 0.0587. The van der Waals surface area contributed by atoms with Gasteiger partial charge in [0.1, 0.15) is 5.69 Å². The van der Waals surface area contributed by atoms with Crippen molar-refractivity contribution >= 4 is 12.0 Å². The Balaban J connectivity index is 1.54. The van der Waals surface area contributed by atoms with E-state index in [1.807, 2.05) is 48.5 Å². The Morgan fingerprint density at radius 1 is 1.10 bits per heavy atom. The molecule has 9 heteroatoms. The lowest BCUT2D eigenvalue weighted by Gasteiger charge is -2.31. The van der Waals surface area contributed by atoms with Crippen molar-refractivity contribution in [1.82, 2.24) is 30.2 Å². The van der Waals surface area contributed by atoms with Gasteiger partial charge in [-0.3, -0.25) is 9.78 Å². The maximum Gasteiger partial charge on any atom is 0.409 e. The zero-order chi connectivity index (χ0) is 21.6. The van der Waals surface area contributed by atoms with Crippen molar-refractivity contribution in [2.45, 2.75) is 25.8 Å². The number of likely N-dealkylation sites (tertiary alicyclic amines) is 1. The fraction of sp³-hybridized carbons (Fsp3) is 0.318. The minimum Gasteiger partial charge on any atom is -0.450 e. The average molecular weight is 420 g/mol. The monoisotopic (exact) mass is 420 g/mol. The number of aromatic nitrogens is 4. The van der Waals surface area contributed by atoms with Crippen LogP contribution in [0.4, 0.5) is 4.79 Å². The second-order valence-electron chi connectivity index (χ2n) is 7.18. The highest BCUT2D eigenvalue weighted by molar-refractivity contribution is 5.98. The number of para-hydroxylation sites is 1. The lowest BCUT2D eigenvalue weighted by atomic mass is 10.0. The number of carbonyl (C=O) groups is 2. The summed E-state index contributed by atoms with van der Waals surface area (Å²) in [6, 6.07) is 14.9. The molecule has 2 amide bonds. The second-order valence-corrected chi connectivity index (χ2v) is 7.18. The third kappa shape index (κ3) is 4.55. The smallest absolute Gasteiger partial charge is 0.409 e. The fourth-order valence-electron chi connectivity index (χ4n) is 3.59. The van der Waals surface area contributed by atoms with Gasteiger partial charge in [-0.1, -0.05) is 29.5 Å². The molecule has 31 heavy (non-hydrogen) atoms. The van der Waals surface area contributed by atoms with Gasteiger partial charge >= 0.3 is 6.09 Å². The number of amides is 2. The summed E-state index contributed by atoms with van der Waals surface area (Å²) >= 11 is 0. The van der Waals surface area contributed by atoms with Gasteiger partial charge in [0, 0.05) is 25.3 Å². The molecular formula is C22H24N6O3. The first kappa shape index (κ1) is 20.5. The van der Waals surface area contributed by atoms with Crippen LogP contribution in [0.3, 0.4) is 0 Å². The van der Waals surface area contributed by atoms with Crippen molar-refractivity contribution in [1.29, 1.82) is 0 Å². The van der Waals surface area contributed by atoms with Crippen LogP contribution < -0.4 is 5.32 Å². The van der Waals surface area contributed by atoms with Crippen LogP contribution in [0.5, 0.6) is 0 Å². The molecule has 3 aromatic rings. The molecule has 0 radical (unpaired) electrons. The zero-order valence-electron chi connectivity index (χ0n) is 17.3. The molecule has 1 aromatic carbocycles. The number of piperidine rings is 1.